The van der Waals surface area contributed by atoms with Crippen molar-refractivity contribution < 1.29 is 4.74 Å². The largest absolute Gasteiger partial charge is 0.489 e. The van der Waals surface area contributed by atoms with Crippen LogP contribution in [0.15, 0.2) is 110 Å². The van der Waals surface area contributed by atoms with Gasteiger partial charge in [0.15, 0.2) is 0 Å². The van der Waals surface area contributed by atoms with Crippen LogP contribution in [0.5, 0.6) is 5.75 Å². The molecule has 0 unspecified atom stereocenters. The van der Waals surface area contributed by atoms with E-state index >= 15 is 0 Å². The molecule has 0 aromatic heterocycles. The topological polar surface area (TPSA) is 9.23 Å². The summed E-state index contributed by atoms with van der Waals surface area (Å²) in [4.78, 5) is 0. The molecule has 1 nitrogen and oxygen atoms in total. The Morgan fingerprint density at radius 3 is 1.47 bits per heavy atom. The van der Waals surface area contributed by atoms with Gasteiger partial charge in [-0.2, -0.15) is 0 Å². The van der Waals surface area contributed by atoms with Crippen molar-refractivity contribution in [1.82, 2.24) is 0 Å². The zero-order valence-corrected chi connectivity index (χ0v) is 34.2. The second kappa shape index (κ2) is 13.1. The highest BCUT2D eigenvalue weighted by molar-refractivity contribution is 6.92. The summed E-state index contributed by atoms with van der Waals surface area (Å²) in [5.74, 6) is 1.06. The van der Waals surface area contributed by atoms with E-state index in [1.165, 1.54) is 71.9 Å². The summed E-state index contributed by atoms with van der Waals surface area (Å²) in [6, 6.07) is 37.3. The number of aryl methyl sites for hydroxylation is 1. The maximum Gasteiger partial charge on any atom is 0.122 e. The molecule has 2 heteroatoms. The van der Waals surface area contributed by atoms with Crippen molar-refractivity contribution in [2.24, 2.45) is 0 Å². The predicted octanol–water partition coefficient (Wildman–Crippen LogP) is 13.1. The molecular weight excluding hydrogens is 633 g/mol. The number of hydrogen-bond acceptors (Lipinski definition) is 1. The Balaban J connectivity index is 1.65. The molecule has 1 aliphatic rings. The zero-order valence-electron chi connectivity index (χ0n) is 33.2. The number of rotatable bonds is 7. The van der Waals surface area contributed by atoms with Crippen molar-refractivity contribution in [2.45, 2.75) is 104 Å². The molecule has 51 heavy (non-hydrogen) atoms. The number of ether oxygens (including phenoxy) is 1. The van der Waals surface area contributed by atoms with E-state index in [0.29, 0.717) is 6.61 Å². The highest BCUT2D eigenvalue weighted by Gasteiger charge is 2.45. The van der Waals surface area contributed by atoms with Gasteiger partial charge in [0.05, 0.1) is 8.07 Å². The first-order valence-corrected chi connectivity index (χ1v) is 21.8. The van der Waals surface area contributed by atoms with Gasteiger partial charge in [0.1, 0.15) is 12.4 Å². The van der Waals surface area contributed by atoms with Crippen molar-refractivity contribution in [2.75, 3.05) is 6.61 Å². The van der Waals surface area contributed by atoms with Crippen LogP contribution < -0.4 is 9.92 Å². The van der Waals surface area contributed by atoms with E-state index in [1.54, 1.807) is 0 Å². The normalized spacial score (nSPS) is 13.6. The summed E-state index contributed by atoms with van der Waals surface area (Å²) in [5.41, 5.74) is 16.4. The standard InChI is InChI=1S/C49H58OSi/c1-14-27-50-45-43(49(9,10)11)28-32(2)29-44(45)51(12,13)46-39-30-33(35-19-15-17-21-41(35)47(3,4)5)23-25-37(39)38-26-24-34(31-40(38)46)36-20-16-18-22-42(36)48(6,7)8/h14-26,28-31,46H,1,27H2,2-13H3. The Kier molecular flexibility index (Phi) is 9.43. The van der Waals surface area contributed by atoms with Crippen LogP contribution in [0.3, 0.4) is 0 Å². The van der Waals surface area contributed by atoms with E-state index in [1.807, 2.05) is 6.08 Å². The molecule has 0 bridgehead atoms. The van der Waals surface area contributed by atoms with Crippen LogP contribution in [0, 0.1) is 6.92 Å². The number of hydrogen-bond donors (Lipinski definition) is 0. The molecule has 264 valence electrons. The van der Waals surface area contributed by atoms with E-state index in [4.69, 9.17) is 4.74 Å². The summed E-state index contributed by atoms with van der Waals surface area (Å²) in [5, 5.41) is 1.39. The van der Waals surface area contributed by atoms with Crippen LogP contribution in [0.1, 0.15) is 101 Å². The van der Waals surface area contributed by atoms with E-state index < -0.39 is 8.07 Å². The molecule has 0 spiro atoms. The summed E-state index contributed by atoms with van der Waals surface area (Å²) in [6.07, 6.45) is 1.88. The Hall–Kier alpha value is -4.14. The smallest absolute Gasteiger partial charge is 0.122 e. The van der Waals surface area contributed by atoms with Gasteiger partial charge in [-0.1, -0.05) is 191 Å². The minimum absolute atomic E-state index is 0.0314. The van der Waals surface area contributed by atoms with E-state index in [0.717, 1.165) is 5.75 Å². The first-order chi connectivity index (χ1) is 23.8. The van der Waals surface area contributed by atoms with Crippen molar-refractivity contribution in [3.05, 3.63) is 143 Å². The molecule has 6 rings (SSSR count). The van der Waals surface area contributed by atoms with Gasteiger partial charge in [-0.25, -0.2) is 0 Å². The summed E-state index contributed by atoms with van der Waals surface area (Å²) in [6.45, 7) is 32.7. The lowest BCUT2D eigenvalue weighted by atomic mass is 9.81. The van der Waals surface area contributed by atoms with Crippen LogP contribution >= 0.6 is 0 Å². The molecule has 0 amide bonds. The highest BCUT2D eigenvalue weighted by Crippen LogP contribution is 2.52. The van der Waals surface area contributed by atoms with Gasteiger partial charge in [0.2, 0.25) is 0 Å². The molecule has 5 aromatic carbocycles. The maximum absolute atomic E-state index is 6.73. The molecule has 0 saturated carbocycles. The van der Waals surface area contributed by atoms with Crippen molar-refractivity contribution in [1.29, 1.82) is 0 Å². The van der Waals surface area contributed by atoms with Gasteiger partial charge in [0.25, 0.3) is 0 Å². The van der Waals surface area contributed by atoms with Crippen LogP contribution in [0.2, 0.25) is 13.1 Å². The minimum atomic E-state index is -2.39. The summed E-state index contributed by atoms with van der Waals surface area (Å²) < 4.78 is 6.73. The molecule has 0 radical (unpaired) electrons. The van der Waals surface area contributed by atoms with Gasteiger partial charge < -0.3 is 4.74 Å². The lowest BCUT2D eigenvalue weighted by molar-refractivity contribution is 0.353. The maximum atomic E-state index is 6.73. The molecular formula is C49H58OSi. The highest BCUT2D eigenvalue weighted by atomic mass is 28.3. The average Bonchev–Trinajstić information content (AvgIpc) is 3.40. The molecule has 0 heterocycles. The van der Waals surface area contributed by atoms with Crippen molar-refractivity contribution in [3.8, 4) is 39.1 Å². The van der Waals surface area contributed by atoms with E-state index in [9.17, 15) is 0 Å². The molecule has 0 N–H and O–H groups in total. The fraction of sp³-hybridized carbons (Fsp3) is 0.347. The summed E-state index contributed by atoms with van der Waals surface area (Å²) in [7, 11) is -2.39. The second-order valence-electron chi connectivity index (χ2n) is 18.4. The van der Waals surface area contributed by atoms with Gasteiger partial charge in [-0.15, -0.1) is 0 Å². The molecule has 0 aliphatic heterocycles. The first kappa shape index (κ1) is 36.6. The van der Waals surface area contributed by atoms with E-state index in [-0.39, 0.29) is 21.8 Å². The van der Waals surface area contributed by atoms with Gasteiger partial charge >= 0.3 is 0 Å². The molecule has 0 atom stereocenters. The van der Waals surface area contributed by atoms with Crippen molar-refractivity contribution in [3.63, 3.8) is 0 Å². The Bertz CT molecular complexity index is 2000. The molecule has 1 aliphatic carbocycles. The minimum Gasteiger partial charge on any atom is -0.489 e. The predicted molar refractivity (Wildman–Crippen MR) is 225 cm³/mol. The zero-order chi connectivity index (χ0) is 37.1. The number of benzene rings is 5. The second-order valence-corrected chi connectivity index (χ2v) is 22.9. The average molecular weight is 691 g/mol. The summed E-state index contributed by atoms with van der Waals surface area (Å²) >= 11 is 0. The van der Waals surface area contributed by atoms with Crippen molar-refractivity contribution >= 4 is 13.3 Å². The lowest BCUT2D eigenvalue weighted by Gasteiger charge is -2.36. The van der Waals surface area contributed by atoms with Crippen LogP contribution in [-0.4, -0.2) is 14.7 Å². The van der Waals surface area contributed by atoms with Crippen LogP contribution in [0.25, 0.3) is 33.4 Å². The van der Waals surface area contributed by atoms with Crippen LogP contribution in [-0.2, 0) is 16.2 Å². The SMILES string of the molecule is C=CCOc1c(C(C)(C)C)cc(C)cc1[Si](C)(C)C1c2cc(-c3ccccc3C(C)(C)C)ccc2-c2ccc(-c3ccccc3C(C)(C)C)cc21. The third-order valence-corrected chi connectivity index (χ3v) is 14.7. The molecule has 0 saturated heterocycles. The fourth-order valence-corrected chi connectivity index (χ4v) is 12.1. The molecule has 0 fully saturated rings. The van der Waals surface area contributed by atoms with Gasteiger partial charge in [-0.05, 0) is 89.6 Å². The van der Waals surface area contributed by atoms with Gasteiger partial charge in [0, 0.05) is 5.54 Å². The Morgan fingerprint density at radius 1 is 0.588 bits per heavy atom. The third kappa shape index (κ3) is 6.80. The van der Waals surface area contributed by atoms with Crippen LogP contribution in [0.4, 0.5) is 0 Å². The Labute approximate surface area is 309 Å². The molecule has 5 aromatic rings. The quantitative estimate of drug-likeness (QED) is 0.122. The van der Waals surface area contributed by atoms with Gasteiger partial charge in [-0.3, -0.25) is 0 Å². The first-order valence-electron chi connectivity index (χ1n) is 18.7. The lowest BCUT2D eigenvalue weighted by Crippen LogP contribution is -2.49. The number of fused-ring (bicyclic) bond motifs is 3. The third-order valence-electron chi connectivity index (χ3n) is 10.9. The Morgan fingerprint density at radius 2 is 1.04 bits per heavy atom. The van der Waals surface area contributed by atoms with E-state index in [2.05, 4.69) is 186 Å². The fourth-order valence-electron chi connectivity index (χ4n) is 8.41. The monoisotopic (exact) mass is 690 g/mol.